The Morgan fingerprint density at radius 1 is 0.469 bits per heavy atom. The predicted molar refractivity (Wildman–Crippen MR) is 357 cm³/mol. The molecule has 3 aromatic rings. The number of benzene rings is 3. The number of nitrogens with one attached hydrogen (secondary N) is 8. The first-order valence-corrected chi connectivity index (χ1v) is 34.6. The monoisotopic (exact) mass is 1370 g/mol. The molecule has 22 nitrogen and oxygen atoms in total. The Labute approximate surface area is 570 Å². The minimum absolute atomic E-state index is 0.00701. The lowest BCUT2D eigenvalue weighted by Crippen LogP contribution is -2.57. The van der Waals surface area contributed by atoms with Crippen LogP contribution in [0.25, 0.3) is 11.1 Å². The summed E-state index contributed by atoms with van der Waals surface area (Å²) in [5, 5.41) is 22.5. The third kappa shape index (κ3) is 19.6. The third-order valence-corrected chi connectivity index (χ3v) is 19.1. The molecule has 0 aromatic heterocycles. The molecule has 98 heavy (non-hydrogen) atoms. The van der Waals surface area contributed by atoms with Gasteiger partial charge < -0.3 is 63.8 Å². The maximum atomic E-state index is 15.6. The van der Waals surface area contributed by atoms with Crippen molar-refractivity contribution < 1.29 is 69.9 Å². The van der Waals surface area contributed by atoms with E-state index in [0.717, 1.165) is 27.2 Å². The van der Waals surface area contributed by atoms with E-state index < -0.39 is 179 Å². The molecule has 10 atom stereocenters. The van der Waals surface area contributed by atoms with E-state index in [1.807, 2.05) is 76.2 Å². The van der Waals surface area contributed by atoms with Crippen LogP contribution < -0.4 is 54.0 Å². The van der Waals surface area contributed by atoms with Crippen molar-refractivity contribution in [1.82, 2.24) is 52.3 Å². The van der Waals surface area contributed by atoms with Gasteiger partial charge in [-0.3, -0.25) is 47.9 Å². The Balaban J connectivity index is 1.25. The molecule has 3 aliphatic heterocycles. The number of hydrogen-bond donors (Lipinski definition) is 10. The lowest BCUT2D eigenvalue weighted by Gasteiger charge is -2.33. The van der Waals surface area contributed by atoms with Crippen molar-refractivity contribution in [2.45, 2.75) is 200 Å². The molecular weight excluding hydrogens is 1280 g/mol. The molecule has 0 saturated carbocycles. The van der Waals surface area contributed by atoms with Gasteiger partial charge in [0.05, 0.1) is 11.8 Å². The lowest BCUT2D eigenvalue weighted by atomic mass is 9.88. The smallest absolute Gasteiger partial charge is 0.246 e. The summed E-state index contributed by atoms with van der Waals surface area (Å²) in [4.78, 5) is 149. The van der Waals surface area contributed by atoms with Gasteiger partial charge in [-0.25, -0.2) is 22.0 Å². The van der Waals surface area contributed by atoms with Gasteiger partial charge in [-0.1, -0.05) is 104 Å². The zero-order valence-corrected chi connectivity index (χ0v) is 57.4. The number of halogens is 5. The number of carbonyl (C=O) groups excluding carboxylic acids is 10. The van der Waals surface area contributed by atoms with E-state index in [-0.39, 0.29) is 128 Å². The number of amides is 10. The highest BCUT2D eigenvalue weighted by Crippen LogP contribution is 2.47. The zero-order valence-electron chi connectivity index (χ0n) is 57.4. The second-order valence-corrected chi connectivity index (χ2v) is 28.1. The molecule has 1 aliphatic carbocycles. The Bertz CT molecular complexity index is 3300. The molecule has 12 N–H and O–H groups in total. The van der Waals surface area contributed by atoms with E-state index in [4.69, 9.17) is 11.5 Å². The number of nitrogens with zero attached hydrogens (tertiary/aromatic N) is 2. The molecule has 0 radical (unpaired) electrons. The van der Waals surface area contributed by atoms with Crippen LogP contribution in [0, 0.1) is 64.6 Å². The normalized spacial score (nSPS) is 25.2. The zero-order chi connectivity index (χ0) is 71.8. The molecular formula is C71H99F5N12O10. The van der Waals surface area contributed by atoms with Crippen LogP contribution in [0.15, 0.2) is 48.5 Å². The summed E-state index contributed by atoms with van der Waals surface area (Å²) in [6.45, 7) is 13.7. The average molecular weight is 1380 g/mol. The minimum Gasteiger partial charge on any atom is -0.354 e. The molecule has 4 aliphatic rings. The summed E-state index contributed by atoms with van der Waals surface area (Å²) in [5.74, 6) is -22.7. The number of rotatable bonds is 16. The topological polar surface area (TPSA) is 325 Å². The first-order valence-electron chi connectivity index (χ1n) is 34.6. The van der Waals surface area contributed by atoms with E-state index in [9.17, 15) is 56.3 Å². The van der Waals surface area contributed by atoms with Gasteiger partial charge in [0.25, 0.3) is 0 Å². The van der Waals surface area contributed by atoms with Gasteiger partial charge in [0.15, 0.2) is 23.3 Å². The molecule has 7 rings (SSSR count). The van der Waals surface area contributed by atoms with E-state index in [0.29, 0.717) is 6.42 Å². The van der Waals surface area contributed by atoms with Crippen LogP contribution in [0.3, 0.4) is 0 Å². The molecule has 0 bridgehead atoms. The number of fused-ring (bicyclic) bond motifs is 5. The van der Waals surface area contributed by atoms with Crippen molar-refractivity contribution in [1.29, 1.82) is 0 Å². The summed E-state index contributed by atoms with van der Waals surface area (Å²) in [6.07, 6.45) is 0.0497. The maximum absolute atomic E-state index is 15.6. The van der Waals surface area contributed by atoms with Gasteiger partial charge in [0.1, 0.15) is 36.3 Å². The van der Waals surface area contributed by atoms with Crippen molar-refractivity contribution in [3.63, 3.8) is 0 Å². The van der Waals surface area contributed by atoms with E-state index >= 15 is 13.6 Å². The van der Waals surface area contributed by atoms with Crippen LogP contribution in [-0.4, -0.2) is 156 Å². The van der Waals surface area contributed by atoms with Crippen molar-refractivity contribution in [3.8, 4) is 11.1 Å². The Morgan fingerprint density at radius 2 is 0.857 bits per heavy atom. The second-order valence-electron chi connectivity index (χ2n) is 28.1. The largest absolute Gasteiger partial charge is 0.354 e. The fourth-order valence-electron chi connectivity index (χ4n) is 14.0. The summed E-state index contributed by atoms with van der Waals surface area (Å²) in [7, 11) is 0. The van der Waals surface area contributed by atoms with Crippen LogP contribution in [0.1, 0.15) is 161 Å². The van der Waals surface area contributed by atoms with Gasteiger partial charge in [-0.15, -0.1) is 0 Å². The standard InChI is InChI=1S/C71H99F5N12O10/c1-37(2)29-41-31-57(89)84-52(22-14-26-78)67(94)80-36-50(40(7)8)65(92)86-54(34-48-59(72)61(74)63(76)62(75)60(48)73)71(98)88-28-16-24-56(88)69(96)82-42(30-38(3)4)32-58(90)83-51(21-13-25-77)66(93)79-35-49(39(5)6)64(91)85-53(70(97)87-27-15-23-55(87)68(95)81-41)33-47-45-19-11-9-17-43(45)44-18-10-12-20-46(44)47/h9-12,17-20,37-42,47,49-56H,13-16,21-36,77-78H2,1-8H3,(H,79,93)(H,80,94)(H,81,95)(H,82,96)(H,83,90)(H,84,89)(H,85,91)(H,86,92)/t41-,42-,49-,50-,51+,52+,53+,54+,55-,56-/m0/s1. The minimum atomic E-state index is -2.46. The van der Waals surface area contributed by atoms with E-state index in [1.165, 1.54) is 4.90 Å². The molecule has 27 heteroatoms. The lowest BCUT2D eigenvalue weighted by molar-refractivity contribution is -0.142. The number of hydrogen-bond acceptors (Lipinski definition) is 12. The Morgan fingerprint density at radius 3 is 1.26 bits per heavy atom. The summed E-state index contributed by atoms with van der Waals surface area (Å²) in [6, 6.07) is 5.80. The van der Waals surface area contributed by atoms with Gasteiger partial charge in [0.2, 0.25) is 64.9 Å². The summed E-state index contributed by atoms with van der Waals surface area (Å²) in [5.41, 5.74) is 14.2. The van der Waals surface area contributed by atoms with E-state index in [1.54, 1.807) is 27.7 Å². The SMILES string of the molecule is CC(C)C[C@H]1CC(=O)N[C@H](CCCN)C(=O)NC[C@@H](C(C)C)C(=O)N[C@H](CC2c3ccccc3-c3ccccc32)C(=O)N2CCC[C@H]2C(=O)N[C@@H](CC(C)C)CC(=O)N[C@H](CCCN)C(=O)NC[C@@H](C(C)C)C(=O)N[C@H](Cc2c(F)c(F)c(F)c(F)c2F)C(=O)N2CCC[C@H]2C(=O)N1. The van der Waals surface area contributed by atoms with Crippen molar-refractivity contribution >= 4 is 59.1 Å². The average Bonchev–Trinajstić information content (AvgIpc) is 1.72. The highest BCUT2D eigenvalue weighted by Gasteiger charge is 2.44. The molecule has 0 unspecified atom stereocenters. The maximum Gasteiger partial charge on any atom is 0.246 e. The summed E-state index contributed by atoms with van der Waals surface area (Å²) >= 11 is 0. The third-order valence-electron chi connectivity index (χ3n) is 19.1. The van der Waals surface area contributed by atoms with Gasteiger partial charge in [0, 0.05) is 69.0 Å². The second kappa shape index (κ2) is 35.6. The molecule has 3 saturated heterocycles. The van der Waals surface area contributed by atoms with Crippen LogP contribution in [-0.2, 0) is 54.4 Å². The highest BCUT2D eigenvalue weighted by atomic mass is 19.2. The first-order chi connectivity index (χ1) is 46.5. The molecule has 538 valence electrons. The number of nitrogens with two attached hydrogens (primary N) is 2. The quantitative estimate of drug-likeness (QED) is 0.0505. The fourth-order valence-corrected chi connectivity index (χ4v) is 14.0. The van der Waals surface area contributed by atoms with Gasteiger partial charge >= 0.3 is 0 Å². The molecule has 0 spiro atoms. The van der Waals surface area contributed by atoms with Crippen molar-refractivity contribution in [2.24, 2.45) is 47.0 Å². The van der Waals surface area contributed by atoms with E-state index in [2.05, 4.69) is 42.5 Å². The Kier molecular flexibility index (Phi) is 28.1. The predicted octanol–water partition coefficient (Wildman–Crippen LogP) is 5.16. The Hall–Kier alpha value is -8.07. The van der Waals surface area contributed by atoms with Crippen molar-refractivity contribution in [2.75, 3.05) is 39.3 Å². The van der Waals surface area contributed by atoms with Gasteiger partial charge in [-0.05, 0) is 130 Å². The van der Waals surface area contributed by atoms with Crippen LogP contribution >= 0.6 is 0 Å². The van der Waals surface area contributed by atoms with Crippen LogP contribution in [0.4, 0.5) is 22.0 Å². The van der Waals surface area contributed by atoms with Crippen LogP contribution in [0.5, 0.6) is 0 Å². The van der Waals surface area contributed by atoms with Crippen LogP contribution in [0.2, 0.25) is 0 Å². The number of carbonyl (C=O) groups is 10. The molecule has 3 fully saturated rings. The molecule has 10 amide bonds. The fraction of sp³-hybridized carbons (Fsp3) is 0.606. The molecule has 3 heterocycles. The highest BCUT2D eigenvalue weighted by molar-refractivity contribution is 5.96. The summed E-state index contributed by atoms with van der Waals surface area (Å²) < 4.78 is 75.2. The first kappa shape index (κ1) is 77.3. The van der Waals surface area contributed by atoms with Gasteiger partial charge in [-0.2, -0.15) is 0 Å². The molecule has 3 aromatic carbocycles. The van der Waals surface area contributed by atoms with Crippen molar-refractivity contribution in [3.05, 3.63) is 94.3 Å².